The molecular weight excluding hydrogens is 485 g/mol. The van der Waals surface area contributed by atoms with Gasteiger partial charge in [-0.3, -0.25) is 9.59 Å². The summed E-state index contributed by atoms with van der Waals surface area (Å²) in [6, 6.07) is 21.2. The molecule has 198 valence electrons. The predicted molar refractivity (Wildman–Crippen MR) is 144 cm³/mol. The standard InChI is InChI=1S/C30H32FN3O4/c1-37-23-11-7-21(8-12-23)29-25(15-16-28(35)34(29)22-9-13-24(38-2)14-10-22)30(36)33-19-17-32(18-20-33)27-6-4-3-5-26(27)31/h3-14,25,29H,15-20H2,1-2H3/t25-,29-/m0/s1. The number of hydrogen-bond acceptors (Lipinski definition) is 5. The van der Waals surface area contributed by atoms with Gasteiger partial charge in [0, 0.05) is 38.3 Å². The lowest BCUT2D eigenvalue weighted by atomic mass is 9.82. The maximum absolute atomic E-state index is 14.3. The van der Waals surface area contributed by atoms with Gasteiger partial charge in [-0.2, -0.15) is 0 Å². The zero-order valence-corrected chi connectivity index (χ0v) is 21.7. The van der Waals surface area contributed by atoms with Gasteiger partial charge >= 0.3 is 0 Å². The number of carbonyl (C=O) groups is 2. The molecule has 0 unspecified atom stereocenters. The smallest absolute Gasteiger partial charge is 0.228 e. The number of amides is 2. The summed E-state index contributed by atoms with van der Waals surface area (Å²) in [5.41, 5.74) is 2.15. The van der Waals surface area contributed by atoms with Gasteiger partial charge in [0.2, 0.25) is 11.8 Å². The molecular formula is C30H32FN3O4. The van der Waals surface area contributed by atoms with E-state index in [4.69, 9.17) is 9.47 Å². The fraction of sp³-hybridized carbons (Fsp3) is 0.333. The number of benzene rings is 3. The number of piperidine rings is 1. The van der Waals surface area contributed by atoms with Crippen LogP contribution in [0.1, 0.15) is 24.4 Å². The summed E-state index contributed by atoms with van der Waals surface area (Å²) in [4.78, 5) is 32.9. The number of methoxy groups -OCH3 is 2. The number of carbonyl (C=O) groups excluding carboxylic acids is 2. The summed E-state index contributed by atoms with van der Waals surface area (Å²) in [6.45, 7) is 2.09. The summed E-state index contributed by atoms with van der Waals surface area (Å²) in [6.07, 6.45) is 0.749. The van der Waals surface area contributed by atoms with Gasteiger partial charge in [-0.1, -0.05) is 24.3 Å². The number of anilines is 2. The highest BCUT2D eigenvalue weighted by molar-refractivity contribution is 5.97. The second kappa shape index (κ2) is 11.1. The Morgan fingerprint density at radius 1 is 0.842 bits per heavy atom. The minimum absolute atomic E-state index is 0.0185. The summed E-state index contributed by atoms with van der Waals surface area (Å²) < 4.78 is 25.0. The summed E-state index contributed by atoms with van der Waals surface area (Å²) in [7, 11) is 3.21. The normalized spacial score (nSPS) is 19.9. The number of piperazine rings is 1. The Bertz CT molecular complexity index is 1270. The van der Waals surface area contributed by atoms with Crippen molar-refractivity contribution in [1.82, 2.24) is 4.90 Å². The average molecular weight is 518 g/mol. The first-order chi connectivity index (χ1) is 18.5. The van der Waals surface area contributed by atoms with Gasteiger partial charge in [0.05, 0.1) is 31.9 Å². The van der Waals surface area contributed by atoms with Crippen LogP contribution in [-0.2, 0) is 9.59 Å². The number of ether oxygens (including phenoxy) is 2. The molecule has 0 bridgehead atoms. The van der Waals surface area contributed by atoms with E-state index in [1.54, 1.807) is 31.3 Å². The third-order valence-electron chi connectivity index (χ3n) is 7.51. The van der Waals surface area contributed by atoms with Gasteiger partial charge in [-0.15, -0.1) is 0 Å². The van der Waals surface area contributed by atoms with Crippen LogP contribution in [-0.4, -0.2) is 57.1 Å². The zero-order valence-electron chi connectivity index (χ0n) is 21.7. The lowest BCUT2D eigenvalue weighted by molar-refractivity contribution is -0.138. The van der Waals surface area contributed by atoms with E-state index in [2.05, 4.69) is 0 Å². The number of rotatable bonds is 6. The van der Waals surface area contributed by atoms with Crippen LogP contribution in [0.15, 0.2) is 72.8 Å². The van der Waals surface area contributed by atoms with Gasteiger partial charge in [0.1, 0.15) is 17.3 Å². The van der Waals surface area contributed by atoms with Gasteiger partial charge in [0.15, 0.2) is 0 Å². The molecule has 0 aromatic heterocycles. The Morgan fingerprint density at radius 3 is 2.05 bits per heavy atom. The van der Waals surface area contributed by atoms with E-state index < -0.39 is 12.0 Å². The second-order valence-corrected chi connectivity index (χ2v) is 9.59. The van der Waals surface area contributed by atoms with Gasteiger partial charge in [0.25, 0.3) is 0 Å². The van der Waals surface area contributed by atoms with Crippen LogP contribution >= 0.6 is 0 Å². The molecule has 7 nitrogen and oxygen atoms in total. The largest absolute Gasteiger partial charge is 0.497 e. The van der Waals surface area contributed by atoms with Crippen LogP contribution in [0, 0.1) is 11.7 Å². The van der Waals surface area contributed by atoms with Crippen LogP contribution in [0.5, 0.6) is 11.5 Å². The van der Waals surface area contributed by atoms with Crippen molar-refractivity contribution >= 4 is 23.2 Å². The van der Waals surface area contributed by atoms with Crippen molar-refractivity contribution in [2.45, 2.75) is 18.9 Å². The number of hydrogen-bond donors (Lipinski definition) is 0. The molecule has 3 aromatic rings. The van der Waals surface area contributed by atoms with E-state index in [1.807, 2.05) is 64.4 Å². The van der Waals surface area contributed by atoms with E-state index in [1.165, 1.54) is 6.07 Å². The first-order valence-corrected chi connectivity index (χ1v) is 12.9. The Balaban J connectivity index is 1.42. The maximum Gasteiger partial charge on any atom is 0.228 e. The van der Waals surface area contributed by atoms with Crippen molar-refractivity contribution in [2.75, 3.05) is 50.2 Å². The topological polar surface area (TPSA) is 62.3 Å². The van der Waals surface area contributed by atoms with E-state index in [0.29, 0.717) is 49.8 Å². The molecule has 2 aliphatic rings. The lowest BCUT2D eigenvalue weighted by Crippen LogP contribution is -2.54. The number of para-hydroxylation sites is 1. The minimum atomic E-state index is -0.465. The highest BCUT2D eigenvalue weighted by Gasteiger charge is 2.43. The molecule has 2 saturated heterocycles. The molecule has 2 amide bonds. The average Bonchev–Trinajstić information content (AvgIpc) is 2.97. The number of nitrogens with zero attached hydrogens (tertiary/aromatic N) is 3. The quantitative estimate of drug-likeness (QED) is 0.475. The molecule has 0 aliphatic carbocycles. The van der Waals surface area contributed by atoms with Crippen molar-refractivity contribution in [1.29, 1.82) is 0 Å². The van der Waals surface area contributed by atoms with Crippen LogP contribution in [0.3, 0.4) is 0 Å². The molecule has 2 aliphatic heterocycles. The van der Waals surface area contributed by atoms with E-state index in [9.17, 15) is 14.0 Å². The fourth-order valence-electron chi connectivity index (χ4n) is 5.49. The maximum atomic E-state index is 14.3. The predicted octanol–water partition coefficient (Wildman–Crippen LogP) is 4.68. The SMILES string of the molecule is COc1ccc([C@H]2[C@@H](C(=O)N3CCN(c4ccccc4F)CC3)CCC(=O)N2c2ccc(OC)cc2)cc1. The molecule has 2 atom stereocenters. The molecule has 2 heterocycles. The zero-order chi connectivity index (χ0) is 26.6. The Hall–Kier alpha value is -4.07. The van der Waals surface area contributed by atoms with Gasteiger partial charge in [-0.05, 0) is 60.5 Å². The van der Waals surface area contributed by atoms with Gasteiger partial charge < -0.3 is 24.2 Å². The van der Waals surface area contributed by atoms with Crippen molar-refractivity contribution in [2.24, 2.45) is 5.92 Å². The van der Waals surface area contributed by atoms with Crippen molar-refractivity contribution in [3.8, 4) is 11.5 Å². The van der Waals surface area contributed by atoms with E-state index in [0.717, 1.165) is 11.3 Å². The van der Waals surface area contributed by atoms with E-state index in [-0.39, 0.29) is 24.1 Å². The Labute approximate surface area is 222 Å². The van der Waals surface area contributed by atoms with Crippen LogP contribution in [0.2, 0.25) is 0 Å². The molecule has 0 N–H and O–H groups in total. The van der Waals surface area contributed by atoms with Crippen LogP contribution in [0.4, 0.5) is 15.8 Å². The third kappa shape index (κ3) is 5.03. The summed E-state index contributed by atoms with van der Waals surface area (Å²) in [5.74, 6) is 0.726. The second-order valence-electron chi connectivity index (χ2n) is 9.59. The monoisotopic (exact) mass is 517 g/mol. The lowest BCUT2D eigenvalue weighted by Gasteiger charge is -2.44. The molecule has 3 aromatic carbocycles. The highest BCUT2D eigenvalue weighted by Crippen LogP contribution is 2.41. The van der Waals surface area contributed by atoms with Gasteiger partial charge in [-0.25, -0.2) is 4.39 Å². The molecule has 0 radical (unpaired) electrons. The van der Waals surface area contributed by atoms with Crippen molar-refractivity contribution < 1.29 is 23.5 Å². The molecule has 8 heteroatoms. The minimum Gasteiger partial charge on any atom is -0.497 e. The Morgan fingerprint density at radius 2 is 1.45 bits per heavy atom. The summed E-state index contributed by atoms with van der Waals surface area (Å²) >= 11 is 0. The van der Waals surface area contributed by atoms with Crippen LogP contribution in [0.25, 0.3) is 0 Å². The third-order valence-corrected chi connectivity index (χ3v) is 7.51. The first kappa shape index (κ1) is 25.6. The van der Waals surface area contributed by atoms with Crippen molar-refractivity contribution in [3.63, 3.8) is 0 Å². The van der Waals surface area contributed by atoms with E-state index >= 15 is 0 Å². The molecule has 2 fully saturated rings. The van der Waals surface area contributed by atoms with Crippen LogP contribution < -0.4 is 19.3 Å². The van der Waals surface area contributed by atoms with Crippen molar-refractivity contribution in [3.05, 3.63) is 84.2 Å². The number of halogens is 1. The molecule has 0 saturated carbocycles. The fourth-order valence-corrected chi connectivity index (χ4v) is 5.49. The Kier molecular flexibility index (Phi) is 7.49. The molecule has 38 heavy (non-hydrogen) atoms. The molecule has 5 rings (SSSR count). The highest BCUT2D eigenvalue weighted by atomic mass is 19.1. The molecule has 0 spiro atoms. The summed E-state index contributed by atoms with van der Waals surface area (Å²) in [5, 5.41) is 0. The first-order valence-electron chi connectivity index (χ1n) is 12.9.